The normalized spacial score (nSPS) is 10.6. The summed E-state index contributed by atoms with van der Waals surface area (Å²) in [5, 5.41) is 9.19. The van der Waals surface area contributed by atoms with Gasteiger partial charge >= 0.3 is 11.8 Å². The van der Waals surface area contributed by atoms with Crippen molar-refractivity contribution < 1.29 is 23.9 Å². The molecule has 3 aromatic carbocycles. The van der Waals surface area contributed by atoms with Crippen molar-refractivity contribution in [3.8, 4) is 11.5 Å². The van der Waals surface area contributed by atoms with Gasteiger partial charge in [-0.05, 0) is 73.9 Å². The maximum Gasteiger partial charge on any atom is 0.329 e. The maximum atomic E-state index is 12.4. The van der Waals surface area contributed by atoms with E-state index in [1.165, 1.54) is 6.21 Å². The first-order valence-electron chi connectivity index (χ1n) is 11.4. The molecule has 3 amide bonds. The van der Waals surface area contributed by atoms with E-state index in [0.717, 1.165) is 21.3 Å². The number of rotatable bonds is 9. The van der Waals surface area contributed by atoms with Gasteiger partial charge in [0.25, 0.3) is 5.91 Å². The number of nitrogens with zero attached hydrogens (tertiary/aromatic N) is 1. The highest BCUT2D eigenvalue weighted by Gasteiger charge is 2.15. The quantitative estimate of drug-likeness (QED) is 0.199. The van der Waals surface area contributed by atoms with Crippen molar-refractivity contribution in [2.24, 2.45) is 5.10 Å². The second-order valence-electron chi connectivity index (χ2n) is 7.91. The van der Waals surface area contributed by atoms with Crippen molar-refractivity contribution in [1.82, 2.24) is 5.43 Å². The molecule has 9 nitrogen and oxygen atoms in total. The zero-order valence-corrected chi connectivity index (χ0v) is 22.2. The summed E-state index contributed by atoms with van der Waals surface area (Å²) in [7, 11) is 0. The van der Waals surface area contributed by atoms with Crippen LogP contribution in [-0.2, 0) is 14.4 Å². The molecule has 3 N–H and O–H groups in total. The molecular formula is C27H27BrN4O5. The predicted molar refractivity (Wildman–Crippen MR) is 146 cm³/mol. The minimum atomic E-state index is -0.940. The number of para-hydroxylation sites is 2. The third kappa shape index (κ3) is 8.18. The third-order valence-corrected chi connectivity index (χ3v) is 5.47. The molecule has 0 aliphatic heterocycles. The Morgan fingerprint density at radius 2 is 1.65 bits per heavy atom. The number of ether oxygens (including phenoxy) is 2. The summed E-state index contributed by atoms with van der Waals surface area (Å²) in [5.74, 6) is -1.22. The van der Waals surface area contributed by atoms with Crippen molar-refractivity contribution in [1.29, 1.82) is 0 Å². The number of nitrogens with one attached hydrogen (secondary N) is 3. The largest absolute Gasteiger partial charge is 0.492 e. The summed E-state index contributed by atoms with van der Waals surface area (Å²) in [4.78, 5) is 36.7. The number of halogens is 1. The molecule has 0 atom stereocenters. The molecule has 0 saturated heterocycles. The van der Waals surface area contributed by atoms with Gasteiger partial charge in [0.2, 0.25) is 0 Å². The van der Waals surface area contributed by atoms with Crippen molar-refractivity contribution in [3.63, 3.8) is 0 Å². The second kappa shape index (κ2) is 13.2. The minimum absolute atomic E-state index is 0.185. The Morgan fingerprint density at radius 3 is 2.38 bits per heavy atom. The Balaban J connectivity index is 1.51. The van der Waals surface area contributed by atoms with E-state index < -0.39 is 11.8 Å². The van der Waals surface area contributed by atoms with Crippen LogP contribution >= 0.6 is 15.9 Å². The van der Waals surface area contributed by atoms with Crippen LogP contribution in [0, 0.1) is 13.8 Å². The topological polar surface area (TPSA) is 118 Å². The minimum Gasteiger partial charge on any atom is -0.492 e. The number of carbonyl (C=O) groups excluding carboxylic acids is 3. The van der Waals surface area contributed by atoms with Gasteiger partial charge in [-0.1, -0.05) is 40.2 Å². The lowest BCUT2D eigenvalue weighted by molar-refractivity contribution is -0.136. The molecule has 0 aromatic heterocycles. The SMILES string of the molecule is CCOc1ccccc1NC(=O)C(=O)N/N=C\c1cccc(OCC(=O)Nc2c(C)cc(Br)cc2C)c1. The molecule has 0 saturated carbocycles. The van der Waals surface area contributed by atoms with Crippen LogP contribution in [0.5, 0.6) is 11.5 Å². The van der Waals surface area contributed by atoms with E-state index in [-0.39, 0.29) is 12.5 Å². The highest BCUT2D eigenvalue weighted by Crippen LogP contribution is 2.25. The number of hydrogen-bond donors (Lipinski definition) is 3. The standard InChI is InChI=1S/C27H27BrN4O5/c1-4-36-23-11-6-5-10-22(23)30-26(34)27(35)32-29-15-19-8-7-9-21(14-19)37-16-24(33)31-25-17(2)12-20(28)13-18(25)3/h5-15H,4,16H2,1-3H3,(H,30,34)(H,31,33)(H,32,35)/b29-15-. The van der Waals surface area contributed by atoms with Gasteiger partial charge < -0.3 is 20.1 Å². The molecule has 0 heterocycles. The molecule has 0 aliphatic rings. The van der Waals surface area contributed by atoms with Crippen LogP contribution in [0.15, 0.2) is 70.2 Å². The fourth-order valence-corrected chi connectivity index (χ4v) is 4.05. The molecule has 3 aromatic rings. The number of hydrazone groups is 1. The lowest BCUT2D eigenvalue weighted by atomic mass is 10.1. The first-order valence-corrected chi connectivity index (χ1v) is 12.2. The summed E-state index contributed by atoms with van der Waals surface area (Å²) in [5.41, 5.74) is 5.79. The molecular weight excluding hydrogens is 540 g/mol. The van der Waals surface area contributed by atoms with E-state index in [1.54, 1.807) is 48.5 Å². The van der Waals surface area contributed by atoms with E-state index in [9.17, 15) is 14.4 Å². The fraction of sp³-hybridized carbons (Fsp3) is 0.185. The Labute approximate surface area is 223 Å². The second-order valence-corrected chi connectivity index (χ2v) is 8.82. The van der Waals surface area contributed by atoms with E-state index >= 15 is 0 Å². The van der Waals surface area contributed by atoms with Crippen molar-refractivity contribution in [2.75, 3.05) is 23.8 Å². The van der Waals surface area contributed by atoms with E-state index in [1.807, 2.05) is 32.9 Å². The van der Waals surface area contributed by atoms with Gasteiger partial charge in [-0.15, -0.1) is 0 Å². The molecule has 0 fully saturated rings. The van der Waals surface area contributed by atoms with Crippen LogP contribution in [0.4, 0.5) is 11.4 Å². The molecule has 10 heteroatoms. The summed E-state index contributed by atoms with van der Waals surface area (Å²) < 4.78 is 12.0. The van der Waals surface area contributed by atoms with Crippen LogP contribution in [0.3, 0.4) is 0 Å². The number of aryl methyl sites for hydroxylation is 2. The van der Waals surface area contributed by atoms with Crippen LogP contribution in [-0.4, -0.2) is 37.1 Å². The number of carbonyl (C=O) groups is 3. The van der Waals surface area contributed by atoms with Crippen molar-refractivity contribution in [3.05, 3.63) is 81.8 Å². The average molecular weight is 567 g/mol. The van der Waals surface area contributed by atoms with E-state index in [0.29, 0.717) is 29.4 Å². The molecule has 3 rings (SSSR count). The van der Waals surface area contributed by atoms with Crippen LogP contribution in [0.25, 0.3) is 0 Å². The number of benzene rings is 3. The molecule has 0 bridgehead atoms. The Bertz CT molecular complexity index is 1300. The van der Waals surface area contributed by atoms with Gasteiger partial charge in [0.1, 0.15) is 11.5 Å². The zero-order valence-electron chi connectivity index (χ0n) is 20.6. The Kier molecular flexibility index (Phi) is 9.79. The van der Waals surface area contributed by atoms with Crippen molar-refractivity contribution >= 4 is 51.2 Å². The zero-order chi connectivity index (χ0) is 26.8. The first kappa shape index (κ1) is 27.4. The molecule has 0 aliphatic carbocycles. The summed E-state index contributed by atoms with van der Waals surface area (Å²) in [6, 6.07) is 17.5. The van der Waals surface area contributed by atoms with Crippen LogP contribution < -0.4 is 25.5 Å². The van der Waals surface area contributed by atoms with Gasteiger partial charge in [-0.3, -0.25) is 14.4 Å². The first-order chi connectivity index (χ1) is 17.8. The highest BCUT2D eigenvalue weighted by molar-refractivity contribution is 9.10. The van der Waals surface area contributed by atoms with Gasteiger partial charge in [0.15, 0.2) is 6.61 Å². The molecule has 0 unspecified atom stereocenters. The third-order valence-electron chi connectivity index (χ3n) is 5.01. The van der Waals surface area contributed by atoms with Gasteiger partial charge in [-0.25, -0.2) is 5.43 Å². The molecule has 37 heavy (non-hydrogen) atoms. The van der Waals surface area contributed by atoms with Crippen LogP contribution in [0.2, 0.25) is 0 Å². The lowest BCUT2D eigenvalue weighted by Gasteiger charge is -2.13. The Hall–Kier alpha value is -4.18. The van der Waals surface area contributed by atoms with Crippen molar-refractivity contribution in [2.45, 2.75) is 20.8 Å². The highest BCUT2D eigenvalue weighted by atomic mass is 79.9. The van der Waals surface area contributed by atoms with Crippen LogP contribution in [0.1, 0.15) is 23.6 Å². The van der Waals surface area contributed by atoms with E-state index in [2.05, 4.69) is 37.1 Å². The lowest BCUT2D eigenvalue weighted by Crippen LogP contribution is -2.32. The van der Waals surface area contributed by atoms with Gasteiger partial charge in [0, 0.05) is 10.2 Å². The predicted octanol–water partition coefficient (Wildman–Crippen LogP) is 4.57. The summed E-state index contributed by atoms with van der Waals surface area (Å²) in [6.07, 6.45) is 1.36. The number of amides is 3. The van der Waals surface area contributed by atoms with E-state index in [4.69, 9.17) is 9.47 Å². The number of hydrogen-bond acceptors (Lipinski definition) is 6. The van der Waals surface area contributed by atoms with Gasteiger partial charge in [-0.2, -0.15) is 5.10 Å². The Morgan fingerprint density at radius 1 is 0.919 bits per heavy atom. The molecule has 192 valence electrons. The summed E-state index contributed by atoms with van der Waals surface area (Å²) in [6.45, 7) is 5.88. The molecule has 0 spiro atoms. The van der Waals surface area contributed by atoms with Gasteiger partial charge in [0.05, 0.1) is 18.5 Å². The number of anilines is 2. The summed E-state index contributed by atoms with van der Waals surface area (Å²) >= 11 is 3.44. The fourth-order valence-electron chi connectivity index (χ4n) is 3.36. The molecule has 0 radical (unpaired) electrons. The monoisotopic (exact) mass is 566 g/mol. The average Bonchev–Trinajstić information content (AvgIpc) is 2.86. The smallest absolute Gasteiger partial charge is 0.329 e. The maximum absolute atomic E-state index is 12.4.